The van der Waals surface area contributed by atoms with Gasteiger partial charge in [-0.05, 0) is 30.2 Å². The minimum Gasteiger partial charge on any atom is -0.497 e. The minimum atomic E-state index is -1.37. The lowest BCUT2D eigenvalue weighted by molar-refractivity contribution is 0.415. The fourth-order valence-electron chi connectivity index (χ4n) is 2.61. The topological polar surface area (TPSA) is 37.0 Å². The zero-order valence-electron chi connectivity index (χ0n) is 10.3. The summed E-state index contributed by atoms with van der Waals surface area (Å²) in [7, 11) is 1.66. The van der Waals surface area contributed by atoms with Crippen molar-refractivity contribution in [3.63, 3.8) is 0 Å². The highest BCUT2D eigenvalue weighted by Crippen LogP contribution is 2.43. The SMILES string of the molecule is COc1ccc2[nH]c3c(c2c1)CCNC3C(Cl)(Cl)Cl. The third kappa shape index (κ3) is 2.29. The summed E-state index contributed by atoms with van der Waals surface area (Å²) in [5.74, 6) is 0.832. The standard InChI is InChI=1S/C13H13Cl3N2O/c1-19-7-2-3-10-9(6-7)8-4-5-17-12(11(8)18-10)13(14,15)16/h2-3,6,12,17-18H,4-5H2,1H3. The summed E-state index contributed by atoms with van der Waals surface area (Å²) in [6, 6.07) is 5.61. The van der Waals surface area contributed by atoms with Crippen molar-refractivity contribution in [1.29, 1.82) is 0 Å². The predicted octanol–water partition coefficient (Wildman–Crippen LogP) is 3.73. The highest BCUT2D eigenvalue weighted by atomic mass is 35.6. The Morgan fingerprint density at radius 1 is 1.32 bits per heavy atom. The molecule has 0 fully saturated rings. The lowest BCUT2D eigenvalue weighted by Crippen LogP contribution is -2.37. The van der Waals surface area contributed by atoms with E-state index >= 15 is 0 Å². The molecule has 1 unspecified atom stereocenters. The normalized spacial score (nSPS) is 19.5. The van der Waals surface area contributed by atoms with Gasteiger partial charge in [0.25, 0.3) is 0 Å². The number of hydrogen-bond acceptors (Lipinski definition) is 2. The number of alkyl halides is 3. The number of fused-ring (bicyclic) bond motifs is 3. The average molecular weight is 320 g/mol. The molecule has 3 rings (SSSR count). The highest BCUT2D eigenvalue weighted by Gasteiger charge is 2.38. The zero-order valence-corrected chi connectivity index (χ0v) is 12.5. The molecule has 19 heavy (non-hydrogen) atoms. The Balaban J connectivity index is 2.18. The third-order valence-electron chi connectivity index (χ3n) is 3.49. The van der Waals surface area contributed by atoms with Crippen molar-refractivity contribution in [3.05, 3.63) is 29.5 Å². The monoisotopic (exact) mass is 318 g/mol. The lowest BCUT2D eigenvalue weighted by Gasteiger charge is -2.29. The number of benzene rings is 1. The van der Waals surface area contributed by atoms with Crippen molar-refractivity contribution in [2.75, 3.05) is 13.7 Å². The molecule has 1 aromatic heterocycles. The molecule has 6 heteroatoms. The van der Waals surface area contributed by atoms with Gasteiger partial charge in [-0.2, -0.15) is 0 Å². The summed E-state index contributed by atoms with van der Waals surface area (Å²) in [6.45, 7) is 0.787. The van der Waals surface area contributed by atoms with Crippen LogP contribution in [0.2, 0.25) is 0 Å². The molecule has 0 aliphatic carbocycles. The lowest BCUT2D eigenvalue weighted by atomic mass is 10.00. The molecule has 0 spiro atoms. The number of aromatic nitrogens is 1. The maximum absolute atomic E-state index is 6.05. The van der Waals surface area contributed by atoms with E-state index in [0.29, 0.717) is 0 Å². The second-order valence-corrected chi connectivity index (χ2v) is 6.98. The van der Waals surface area contributed by atoms with E-state index in [4.69, 9.17) is 39.5 Å². The van der Waals surface area contributed by atoms with Crippen LogP contribution in [0.3, 0.4) is 0 Å². The number of aromatic amines is 1. The first-order valence-electron chi connectivity index (χ1n) is 5.99. The number of H-pyrrole nitrogens is 1. The van der Waals surface area contributed by atoms with Crippen LogP contribution in [0, 0.1) is 0 Å². The van der Waals surface area contributed by atoms with Gasteiger partial charge < -0.3 is 15.0 Å². The van der Waals surface area contributed by atoms with Crippen molar-refractivity contribution < 1.29 is 4.74 Å². The fraction of sp³-hybridized carbons (Fsp3) is 0.385. The minimum absolute atomic E-state index is 0.320. The van der Waals surface area contributed by atoms with E-state index in [1.54, 1.807) is 7.11 Å². The zero-order chi connectivity index (χ0) is 13.6. The van der Waals surface area contributed by atoms with E-state index in [0.717, 1.165) is 35.3 Å². The van der Waals surface area contributed by atoms with Gasteiger partial charge in [0.2, 0.25) is 3.79 Å². The van der Waals surface area contributed by atoms with Gasteiger partial charge in [0, 0.05) is 23.1 Å². The maximum Gasteiger partial charge on any atom is 0.211 e. The molecule has 2 N–H and O–H groups in total. The smallest absolute Gasteiger partial charge is 0.211 e. The van der Waals surface area contributed by atoms with Crippen molar-refractivity contribution in [3.8, 4) is 5.75 Å². The van der Waals surface area contributed by atoms with Crippen LogP contribution in [0.1, 0.15) is 17.3 Å². The third-order valence-corrected chi connectivity index (χ3v) is 4.14. The predicted molar refractivity (Wildman–Crippen MR) is 79.6 cm³/mol. The number of halogens is 3. The summed E-state index contributed by atoms with van der Waals surface area (Å²) in [6.07, 6.45) is 0.903. The van der Waals surface area contributed by atoms with Crippen LogP contribution >= 0.6 is 34.8 Å². The van der Waals surface area contributed by atoms with Crippen molar-refractivity contribution in [1.82, 2.24) is 10.3 Å². The molecule has 102 valence electrons. The summed E-state index contributed by atoms with van der Waals surface area (Å²) in [5.41, 5.74) is 3.19. The first-order valence-corrected chi connectivity index (χ1v) is 7.12. The fourth-order valence-corrected chi connectivity index (χ4v) is 3.17. The van der Waals surface area contributed by atoms with E-state index in [1.807, 2.05) is 18.2 Å². The van der Waals surface area contributed by atoms with Gasteiger partial charge in [-0.25, -0.2) is 0 Å². The van der Waals surface area contributed by atoms with Gasteiger partial charge in [-0.3, -0.25) is 0 Å². The van der Waals surface area contributed by atoms with Crippen molar-refractivity contribution >= 4 is 45.7 Å². The first kappa shape index (κ1) is 13.4. The van der Waals surface area contributed by atoms with E-state index in [2.05, 4.69) is 10.3 Å². The van der Waals surface area contributed by atoms with Gasteiger partial charge in [0.05, 0.1) is 13.2 Å². The van der Waals surface area contributed by atoms with Gasteiger partial charge in [-0.1, -0.05) is 34.8 Å². The van der Waals surface area contributed by atoms with Crippen LogP contribution in [-0.4, -0.2) is 22.4 Å². The van der Waals surface area contributed by atoms with Gasteiger partial charge in [0.15, 0.2) is 0 Å². The second-order valence-electron chi connectivity index (χ2n) is 4.61. The Bertz CT molecular complexity index is 618. The molecule has 2 aromatic rings. The molecule has 1 aromatic carbocycles. The molecule has 0 amide bonds. The Kier molecular flexibility index (Phi) is 3.34. The molecular formula is C13H13Cl3N2O. The summed E-state index contributed by atoms with van der Waals surface area (Å²) in [4.78, 5) is 3.35. The Morgan fingerprint density at radius 3 is 2.79 bits per heavy atom. The number of ether oxygens (including phenoxy) is 1. The van der Waals surface area contributed by atoms with Crippen LogP contribution < -0.4 is 10.1 Å². The summed E-state index contributed by atoms with van der Waals surface area (Å²) in [5, 5.41) is 4.38. The molecule has 0 bridgehead atoms. The second kappa shape index (κ2) is 4.74. The molecule has 0 saturated heterocycles. The van der Waals surface area contributed by atoms with Crippen molar-refractivity contribution in [2.45, 2.75) is 16.3 Å². The van der Waals surface area contributed by atoms with Crippen molar-refractivity contribution in [2.24, 2.45) is 0 Å². The highest BCUT2D eigenvalue weighted by molar-refractivity contribution is 6.68. The van der Waals surface area contributed by atoms with Gasteiger partial charge >= 0.3 is 0 Å². The van der Waals surface area contributed by atoms with Crippen LogP contribution in [0.15, 0.2) is 18.2 Å². The Hall–Kier alpha value is -0.610. The van der Waals surface area contributed by atoms with Gasteiger partial charge in [-0.15, -0.1) is 0 Å². The van der Waals surface area contributed by atoms with E-state index in [9.17, 15) is 0 Å². The molecule has 3 nitrogen and oxygen atoms in total. The molecule has 0 radical (unpaired) electrons. The Morgan fingerprint density at radius 2 is 2.11 bits per heavy atom. The van der Waals surface area contributed by atoms with Gasteiger partial charge in [0.1, 0.15) is 5.75 Å². The van der Waals surface area contributed by atoms with Crippen LogP contribution in [-0.2, 0) is 6.42 Å². The van der Waals surface area contributed by atoms with Crippen LogP contribution in [0.25, 0.3) is 10.9 Å². The van der Waals surface area contributed by atoms with E-state index in [1.165, 1.54) is 5.56 Å². The number of nitrogens with one attached hydrogen (secondary N) is 2. The number of hydrogen-bond donors (Lipinski definition) is 2. The molecule has 1 atom stereocenters. The summed E-state index contributed by atoms with van der Waals surface area (Å²) < 4.78 is 3.89. The Labute approximate surface area is 126 Å². The first-order chi connectivity index (χ1) is 9.00. The molecule has 1 aliphatic heterocycles. The van der Waals surface area contributed by atoms with Crippen LogP contribution in [0.5, 0.6) is 5.75 Å². The number of methoxy groups -OCH3 is 1. The van der Waals surface area contributed by atoms with Crippen LogP contribution in [0.4, 0.5) is 0 Å². The van der Waals surface area contributed by atoms with E-state index < -0.39 is 3.79 Å². The molecule has 0 saturated carbocycles. The van der Waals surface area contributed by atoms with E-state index in [-0.39, 0.29) is 6.04 Å². The number of rotatable bonds is 1. The molecule has 1 aliphatic rings. The maximum atomic E-state index is 6.05. The quantitative estimate of drug-likeness (QED) is 0.786. The largest absolute Gasteiger partial charge is 0.497 e. The molecular weight excluding hydrogens is 307 g/mol. The summed E-state index contributed by atoms with van der Waals surface area (Å²) >= 11 is 18.1. The average Bonchev–Trinajstić information content (AvgIpc) is 2.74. The molecule has 2 heterocycles.